The van der Waals surface area contributed by atoms with Crippen LogP contribution in [0.2, 0.25) is 0 Å². The molecule has 0 amide bonds. The summed E-state index contributed by atoms with van der Waals surface area (Å²) < 4.78 is 5.31. The number of unbranched alkanes of at least 4 members (excludes halogenated alkanes) is 1. The lowest BCUT2D eigenvalue weighted by molar-refractivity contribution is -0.163. The highest BCUT2D eigenvalue weighted by molar-refractivity contribution is 7.09. The Labute approximate surface area is 179 Å². The van der Waals surface area contributed by atoms with Gasteiger partial charge in [-0.15, -0.1) is 11.3 Å². The fourth-order valence-electron chi connectivity index (χ4n) is 4.07. The number of hydrogen-bond donors (Lipinski definition) is 0. The molecule has 1 aliphatic rings. The van der Waals surface area contributed by atoms with Crippen LogP contribution in [0.4, 0.5) is 0 Å². The standard InChI is InChI=1S/C25H22O4S/c26-22-17-25(18-9-2-1-3-10-18,21-14-6-5-13-20(21)22)24(28)29-23(27)15-7-4-11-19-12-8-16-30-19/h1-3,5-6,8-10,12-14,16H,4,7,11,15,17H2. The molecule has 5 heteroatoms. The first-order valence-electron chi connectivity index (χ1n) is 10.1. The van der Waals surface area contributed by atoms with Crippen LogP contribution in [0.15, 0.2) is 72.1 Å². The second-order valence-electron chi connectivity index (χ2n) is 7.46. The van der Waals surface area contributed by atoms with Crippen LogP contribution in [0.5, 0.6) is 0 Å². The number of aryl methyl sites for hydroxylation is 1. The SMILES string of the molecule is O=C(CCCCc1cccs1)OC(=O)C1(c2ccccc2)CC(=O)c2ccccc21. The molecule has 0 spiro atoms. The van der Waals surface area contributed by atoms with Crippen molar-refractivity contribution in [2.75, 3.05) is 0 Å². The Morgan fingerprint density at radius 2 is 1.70 bits per heavy atom. The normalized spacial score (nSPS) is 17.5. The number of fused-ring (bicyclic) bond motifs is 1. The third-order valence-corrected chi connectivity index (χ3v) is 6.50. The molecule has 152 valence electrons. The van der Waals surface area contributed by atoms with Crippen molar-refractivity contribution in [2.24, 2.45) is 0 Å². The maximum absolute atomic E-state index is 13.3. The zero-order valence-corrected chi connectivity index (χ0v) is 17.3. The Morgan fingerprint density at radius 3 is 2.47 bits per heavy atom. The molecule has 0 N–H and O–H groups in total. The number of Topliss-reactive ketones (excluding diaryl/α,β-unsaturated/α-hetero) is 1. The van der Waals surface area contributed by atoms with E-state index in [4.69, 9.17) is 4.74 Å². The van der Waals surface area contributed by atoms with Gasteiger partial charge in [0.05, 0.1) is 0 Å². The summed E-state index contributed by atoms with van der Waals surface area (Å²) in [5.41, 5.74) is 0.513. The van der Waals surface area contributed by atoms with Gasteiger partial charge in [0.25, 0.3) is 0 Å². The summed E-state index contributed by atoms with van der Waals surface area (Å²) in [4.78, 5) is 39.7. The Hall–Kier alpha value is -3.05. The molecule has 0 radical (unpaired) electrons. The number of ether oxygens (including phenoxy) is 1. The molecular weight excluding hydrogens is 396 g/mol. The molecule has 1 unspecified atom stereocenters. The number of esters is 2. The molecule has 2 aromatic carbocycles. The zero-order chi connectivity index (χ0) is 21.0. The molecule has 1 atom stereocenters. The van der Waals surface area contributed by atoms with Crippen LogP contribution in [0.1, 0.15) is 52.0 Å². The molecular formula is C25H22O4S. The maximum Gasteiger partial charge on any atom is 0.329 e. The largest absolute Gasteiger partial charge is 0.392 e. The Kier molecular flexibility index (Phi) is 5.91. The van der Waals surface area contributed by atoms with Gasteiger partial charge in [0, 0.05) is 23.3 Å². The number of benzene rings is 2. The molecule has 0 fully saturated rings. The summed E-state index contributed by atoms with van der Waals surface area (Å²) in [5.74, 6) is -1.33. The molecule has 30 heavy (non-hydrogen) atoms. The highest BCUT2D eigenvalue weighted by Crippen LogP contribution is 2.45. The summed E-state index contributed by atoms with van der Waals surface area (Å²) in [7, 11) is 0. The van der Waals surface area contributed by atoms with Crippen LogP contribution < -0.4 is 0 Å². The van der Waals surface area contributed by atoms with E-state index in [1.807, 2.05) is 41.8 Å². The minimum atomic E-state index is -1.28. The van der Waals surface area contributed by atoms with Crippen molar-refractivity contribution in [3.05, 3.63) is 93.7 Å². The van der Waals surface area contributed by atoms with Crippen LogP contribution >= 0.6 is 11.3 Å². The minimum absolute atomic E-state index is 0.0269. The first kappa shape index (κ1) is 20.2. The van der Waals surface area contributed by atoms with E-state index in [0.717, 1.165) is 12.8 Å². The van der Waals surface area contributed by atoms with E-state index in [1.165, 1.54) is 4.88 Å². The van der Waals surface area contributed by atoms with Gasteiger partial charge in [0.1, 0.15) is 5.41 Å². The third-order valence-electron chi connectivity index (χ3n) is 5.57. The molecule has 4 nitrogen and oxygen atoms in total. The molecule has 1 aromatic heterocycles. The minimum Gasteiger partial charge on any atom is -0.392 e. The average Bonchev–Trinajstić information content (AvgIpc) is 3.39. The Morgan fingerprint density at radius 1 is 0.933 bits per heavy atom. The molecule has 1 aliphatic carbocycles. The van der Waals surface area contributed by atoms with Crippen LogP contribution in [0.25, 0.3) is 0 Å². The first-order chi connectivity index (χ1) is 14.6. The summed E-state index contributed by atoms with van der Waals surface area (Å²) in [6.07, 6.45) is 2.57. The predicted octanol–water partition coefficient (Wildman–Crippen LogP) is 5.10. The lowest BCUT2D eigenvalue weighted by atomic mass is 9.75. The molecule has 0 saturated heterocycles. The van der Waals surface area contributed by atoms with Crippen LogP contribution in [-0.4, -0.2) is 17.7 Å². The van der Waals surface area contributed by atoms with Gasteiger partial charge in [-0.1, -0.05) is 60.7 Å². The number of carbonyl (C=O) groups excluding carboxylic acids is 3. The highest BCUT2D eigenvalue weighted by Gasteiger charge is 2.52. The second-order valence-corrected chi connectivity index (χ2v) is 8.50. The van der Waals surface area contributed by atoms with E-state index in [9.17, 15) is 14.4 Å². The van der Waals surface area contributed by atoms with Gasteiger partial charge in [-0.2, -0.15) is 0 Å². The van der Waals surface area contributed by atoms with Crippen molar-refractivity contribution in [2.45, 2.75) is 37.5 Å². The van der Waals surface area contributed by atoms with Crippen LogP contribution in [0, 0.1) is 0 Å². The van der Waals surface area contributed by atoms with Crippen LogP contribution in [0.3, 0.4) is 0 Å². The summed E-state index contributed by atoms with van der Waals surface area (Å²) in [6.45, 7) is 0. The van der Waals surface area contributed by atoms with Gasteiger partial charge in [0.2, 0.25) is 0 Å². The van der Waals surface area contributed by atoms with E-state index in [2.05, 4.69) is 6.07 Å². The molecule has 0 aliphatic heterocycles. The predicted molar refractivity (Wildman–Crippen MR) is 116 cm³/mol. The van der Waals surface area contributed by atoms with Crippen molar-refractivity contribution < 1.29 is 19.1 Å². The fourth-order valence-corrected chi connectivity index (χ4v) is 4.83. The lowest BCUT2D eigenvalue weighted by Gasteiger charge is -2.27. The van der Waals surface area contributed by atoms with E-state index < -0.39 is 17.4 Å². The third kappa shape index (κ3) is 3.85. The van der Waals surface area contributed by atoms with Gasteiger partial charge < -0.3 is 4.74 Å². The highest BCUT2D eigenvalue weighted by atomic mass is 32.1. The Balaban J connectivity index is 1.50. The zero-order valence-electron chi connectivity index (χ0n) is 16.5. The van der Waals surface area contributed by atoms with Gasteiger partial charge in [-0.05, 0) is 41.8 Å². The van der Waals surface area contributed by atoms with Crippen molar-refractivity contribution >= 4 is 29.1 Å². The summed E-state index contributed by atoms with van der Waals surface area (Å²) in [5, 5.41) is 2.03. The Bertz CT molecular complexity index is 1060. The van der Waals surface area contributed by atoms with Gasteiger partial charge in [-0.3, -0.25) is 14.4 Å². The molecule has 0 saturated carbocycles. The molecule has 3 aromatic rings. The monoisotopic (exact) mass is 418 g/mol. The fraction of sp³-hybridized carbons (Fsp3) is 0.240. The number of hydrogen-bond acceptors (Lipinski definition) is 5. The number of ketones is 1. The average molecular weight is 419 g/mol. The van der Waals surface area contributed by atoms with Crippen molar-refractivity contribution in [1.29, 1.82) is 0 Å². The topological polar surface area (TPSA) is 60.4 Å². The quantitative estimate of drug-likeness (QED) is 0.304. The van der Waals surface area contributed by atoms with Crippen molar-refractivity contribution in [3.63, 3.8) is 0 Å². The van der Waals surface area contributed by atoms with E-state index in [1.54, 1.807) is 35.6 Å². The van der Waals surface area contributed by atoms with Crippen LogP contribution in [-0.2, 0) is 26.2 Å². The lowest BCUT2D eigenvalue weighted by Crippen LogP contribution is -2.38. The second kappa shape index (κ2) is 8.76. The van der Waals surface area contributed by atoms with Gasteiger partial charge >= 0.3 is 11.9 Å². The smallest absolute Gasteiger partial charge is 0.329 e. The first-order valence-corrected chi connectivity index (χ1v) is 10.9. The van der Waals surface area contributed by atoms with Gasteiger partial charge in [-0.25, -0.2) is 0 Å². The van der Waals surface area contributed by atoms with E-state index in [-0.39, 0.29) is 18.6 Å². The molecule has 0 bridgehead atoms. The van der Waals surface area contributed by atoms with E-state index >= 15 is 0 Å². The van der Waals surface area contributed by atoms with Gasteiger partial charge in [0.15, 0.2) is 5.78 Å². The summed E-state index contributed by atoms with van der Waals surface area (Å²) in [6, 6.07) is 20.3. The van der Waals surface area contributed by atoms with E-state index in [0.29, 0.717) is 23.1 Å². The molecule has 1 heterocycles. The summed E-state index contributed by atoms with van der Waals surface area (Å²) >= 11 is 1.70. The number of thiophene rings is 1. The van der Waals surface area contributed by atoms with Crippen molar-refractivity contribution in [1.82, 2.24) is 0 Å². The number of carbonyl (C=O) groups is 3. The maximum atomic E-state index is 13.3. The number of rotatable bonds is 7. The molecule has 4 rings (SSSR count). The van der Waals surface area contributed by atoms with Crippen molar-refractivity contribution in [3.8, 4) is 0 Å².